The van der Waals surface area contributed by atoms with Gasteiger partial charge in [-0.3, -0.25) is 15.0 Å². The van der Waals surface area contributed by atoms with E-state index in [1.807, 2.05) is 23.3 Å². The summed E-state index contributed by atoms with van der Waals surface area (Å²) in [5.74, 6) is 0.464. The number of rotatable bonds is 10. The fraction of sp³-hybridized carbons (Fsp3) is 0.440. The Morgan fingerprint density at radius 2 is 2.17 bits per heavy atom. The first-order valence-electron chi connectivity index (χ1n) is 11.6. The van der Waals surface area contributed by atoms with Gasteiger partial charge in [0.25, 0.3) is 0 Å². The fourth-order valence-electron chi connectivity index (χ4n) is 4.73. The number of fused-ring (bicyclic) bond motifs is 1. The number of benzene rings is 1. The normalized spacial score (nSPS) is 16.8. The Hall–Kier alpha value is -2.24. The van der Waals surface area contributed by atoms with Crippen molar-refractivity contribution in [1.82, 2.24) is 15.4 Å². The molecule has 0 unspecified atom stereocenters. The summed E-state index contributed by atoms with van der Waals surface area (Å²) in [5.41, 5.74) is 1.72. The first kappa shape index (κ1) is 25.8. The lowest BCUT2D eigenvalue weighted by atomic mass is 9.73. The zero-order valence-electron chi connectivity index (χ0n) is 19.6. The molecule has 1 saturated heterocycles. The lowest BCUT2D eigenvalue weighted by Gasteiger charge is -2.40. The third-order valence-corrected chi connectivity index (χ3v) is 8.95. The zero-order valence-corrected chi connectivity index (χ0v) is 21.2. The number of nitrogens with one attached hydrogen (secondary N) is 1. The Morgan fingerprint density at radius 3 is 2.86 bits per heavy atom. The van der Waals surface area contributed by atoms with Gasteiger partial charge in [0.05, 0.1) is 34.6 Å². The molecule has 35 heavy (non-hydrogen) atoms. The summed E-state index contributed by atoms with van der Waals surface area (Å²) in [5, 5.41) is 23.0. The number of aromatic nitrogens is 1. The Balaban J connectivity index is 1.42. The van der Waals surface area contributed by atoms with Crippen molar-refractivity contribution in [3.05, 3.63) is 53.3 Å². The minimum Gasteiger partial charge on any atom is -0.497 e. The number of hydroxylamine groups is 1. The first-order valence-corrected chi connectivity index (χ1v) is 13.5. The van der Waals surface area contributed by atoms with Crippen molar-refractivity contribution in [1.29, 1.82) is 0 Å². The summed E-state index contributed by atoms with van der Waals surface area (Å²) in [6.45, 7) is 2.36. The molecule has 3 N–H and O–H groups in total. The van der Waals surface area contributed by atoms with E-state index in [9.17, 15) is 19.5 Å². The van der Waals surface area contributed by atoms with Gasteiger partial charge in [-0.15, -0.1) is 23.1 Å². The van der Waals surface area contributed by atoms with Crippen LogP contribution in [0.2, 0.25) is 0 Å². The minimum atomic E-state index is -1.13. The van der Waals surface area contributed by atoms with Crippen LogP contribution >= 0.6 is 23.1 Å². The smallest absolute Gasteiger partial charge is 0.249 e. The number of carbonyl (C=O) groups excluding carboxylic acids is 1. The molecule has 0 radical (unpaired) electrons. The predicted molar refractivity (Wildman–Crippen MR) is 136 cm³/mol. The molecule has 10 heteroatoms. The van der Waals surface area contributed by atoms with E-state index < -0.39 is 23.2 Å². The lowest BCUT2D eigenvalue weighted by Crippen LogP contribution is -2.48. The number of piperidine rings is 1. The largest absolute Gasteiger partial charge is 0.497 e. The Bertz CT molecular complexity index is 1140. The molecule has 1 amide bonds. The Kier molecular flexibility index (Phi) is 8.61. The molecule has 188 valence electrons. The molecule has 1 atom stereocenters. The van der Waals surface area contributed by atoms with E-state index in [-0.39, 0.29) is 12.0 Å². The van der Waals surface area contributed by atoms with Crippen LogP contribution < -0.4 is 10.2 Å². The summed E-state index contributed by atoms with van der Waals surface area (Å²) >= 11 is 3.55. The number of aliphatic hydroxyl groups excluding tert-OH is 1. The highest BCUT2D eigenvalue weighted by atomic mass is 32.2. The summed E-state index contributed by atoms with van der Waals surface area (Å²) in [7, 11) is 1.52. The third kappa shape index (κ3) is 5.95. The molecular formula is C25H30FN3O4S2. The lowest BCUT2D eigenvalue weighted by molar-refractivity contribution is -0.143. The van der Waals surface area contributed by atoms with Crippen LogP contribution in [0.15, 0.2) is 46.1 Å². The number of pyridine rings is 1. The van der Waals surface area contributed by atoms with E-state index in [1.54, 1.807) is 29.5 Å². The molecule has 2 aromatic heterocycles. The van der Waals surface area contributed by atoms with Crippen LogP contribution in [-0.2, 0) is 4.79 Å². The zero-order chi connectivity index (χ0) is 24.8. The van der Waals surface area contributed by atoms with E-state index in [1.165, 1.54) is 11.3 Å². The number of thioether (sulfide) groups is 1. The maximum atomic E-state index is 14.8. The molecule has 3 aromatic rings. The topological polar surface area (TPSA) is 94.9 Å². The van der Waals surface area contributed by atoms with Gasteiger partial charge in [0.1, 0.15) is 11.6 Å². The number of hydrogen-bond acceptors (Lipinski definition) is 8. The van der Waals surface area contributed by atoms with Crippen LogP contribution in [0.1, 0.15) is 37.4 Å². The van der Waals surface area contributed by atoms with E-state index >= 15 is 0 Å². The highest BCUT2D eigenvalue weighted by Crippen LogP contribution is 2.40. The van der Waals surface area contributed by atoms with Crippen molar-refractivity contribution in [2.75, 3.05) is 32.5 Å². The molecular weight excluding hydrogens is 489 g/mol. The second-order valence-corrected chi connectivity index (χ2v) is 11.1. The van der Waals surface area contributed by atoms with Gasteiger partial charge in [0.2, 0.25) is 5.91 Å². The highest BCUT2D eigenvalue weighted by Gasteiger charge is 2.41. The van der Waals surface area contributed by atoms with Crippen molar-refractivity contribution >= 4 is 39.9 Å². The molecule has 3 heterocycles. The van der Waals surface area contributed by atoms with Gasteiger partial charge < -0.3 is 14.7 Å². The average Bonchev–Trinajstić information content (AvgIpc) is 3.40. The van der Waals surface area contributed by atoms with Crippen LogP contribution in [0.25, 0.3) is 10.9 Å². The van der Waals surface area contributed by atoms with E-state index in [4.69, 9.17) is 4.74 Å². The number of nitrogens with zero attached hydrogens (tertiary/aromatic N) is 2. The fourth-order valence-corrected chi connectivity index (χ4v) is 6.59. The number of amides is 1. The van der Waals surface area contributed by atoms with Gasteiger partial charge in [-0.05, 0) is 68.4 Å². The van der Waals surface area contributed by atoms with Crippen LogP contribution in [0.4, 0.5) is 4.39 Å². The van der Waals surface area contributed by atoms with E-state index in [0.717, 1.165) is 31.6 Å². The number of thiophene rings is 1. The monoisotopic (exact) mass is 519 g/mol. The summed E-state index contributed by atoms with van der Waals surface area (Å²) in [6, 6.07) is 9.26. The quantitative estimate of drug-likeness (QED) is 0.204. The number of methoxy groups -OCH3 is 1. The van der Waals surface area contributed by atoms with Crippen molar-refractivity contribution in [2.24, 2.45) is 5.41 Å². The van der Waals surface area contributed by atoms with Crippen LogP contribution in [0, 0.1) is 11.2 Å². The Labute approximate surface area is 212 Å². The molecule has 0 aliphatic carbocycles. The summed E-state index contributed by atoms with van der Waals surface area (Å²) in [6.07, 6.45) is 1.60. The van der Waals surface area contributed by atoms with Gasteiger partial charge in [-0.25, -0.2) is 9.87 Å². The molecule has 4 rings (SSSR count). The second kappa shape index (κ2) is 11.7. The van der Waals surface area contributed by atoms with E-state index in [2.05, 4.69) is 21.3 Å². The van der Waals surface area contributed by atoms with Crippen molar-refractivity contribution in [3.63, 3.8) is 0 Å². The Morgan fingerprint density at radius 1 is 1.37 bits per heavy atom. The number of hydrogen-bond donors (Lipinski definition) is 3. The average molecular weight is 520 g/mol. The molecule has 1 aromatic carbocycles. The van der Waals surface area contributed by atoms with Gasteiger partial charge in [0, 0.05) is 23.2 Å². The predicted octanol–water partition coefficient (Wildman–Crippen LogP) is 4.64. The van der Waals surface area contributed by atoms with Crippen molar-refractivity contribution in [2.45, 2.75) is 36.0 Å². The molecule has 0 spiro atoms. The van der Waals surface area contributed by atoms with Crippen LogP contribution in [-0.4, -0.2) is 58.6 Å². The van der Waals surface area contributed by atoms with Gasteiger partial charge in [-0.1, -0.05) is 6.07 Å². The van der Waals surface area contributed by atoms with Crippen molar-refractivity contribution < 1.29 is 24.2 Å². The number of halogens is 1. The molecule has 1 fully saturated rings. The number of ether oxygens (including phenoxy) is 1. The molecule has 0 saturated carbocycles. The highest BCUT2D eigenvalue weighted by molar-refractivity contribution is 8.01. The molecule has 1 aliphatic heterocycles. The van der Waals surface area contributed by atoms with Gasteiger partial charge in [0.15, 0.2) is 0 Å². The third-order valence-electron chi connectivity index (χ3n) is 6.84. The molecule has 0 bridgehead atoms. The van der Waals surface area contributed by atoms with Crippen molar-refractivity contribution in [3.8, 4) is 5.75 Å². The minimum absolute atomic E-state index is 0.150. The first-order chi connectivity index (χ1) is 17.0. The van der Waals surface area contributed by atoms with Gasteiger partial charge >= 0.3 is 0 Å². The number of aliphatic hydroxyl groups is 1. The summed E-state index contributed by atoms with van der Waals surface area (Å²) in [4.78, 5) is 19.1. The standard InChI is InChI=1S/C25H30FN3O4S2/c1-33-17-4-5-20-18(15-17)23(19(26)16-27-20)21(30)6-7-25(24(31)28-32)8-10-29(11-9-25)12-14-35-22-3-2-13-34-22/h2-5,13,15-16,21,30,32H,6-12,14H2,1H3,(H,28,31)/t21-/m1/s1. The maximum absolute atomic E-state index is 14.8. The SMILES string of the molecule is COc1ccc2ncc(F)c([C@H](O)CCC3(C(=O)NO)CCN(CCSc4cccs4)CC3)c2c1. The van der Waals surface area contributed by atoms with E-state index in [0.29, 0.717) is 35.9 Å². The number of carbonyl (C=O) groups is 1. The van der Waals surface area contributed by atoms with Crippen LogP contribution in [0.3, 0.4) is 0 Å². The molecule has 1 aliphatic rings. The molecule has 7 nitrogen and oxygen atoms in total. The summed E-state index contributed by atoms with van der Waals surface area (Å²) < 4.78 is 21.3. The number of likely N-dealkylation sites (tertiary alicyclic amines) is 1. The van der Waals surface area contributed by atoms with Crippen LogP contribution in [0.5, 0.6) is 5.75 Å². The van der Waals surface area contributed by atoms with Gasteiger partial charge in [-0.2, -0.15) is 0 Å². The maximum Gasteiger partial charge on any atom is 0.249 e. The second-order valence-electron chi connectivity index (χ2n) is 8.80.